The molecule has 0 N–H and O–H groups in total. The van der Waals surface area contributed by atoms with Crippen molar-refractivity contribution in [1.82, 2.24) is 9.97 Å². The Bertz CT molecular complexity index is 625. The van der Waals surface area contributed by atoms with E-state index in [1.807, 2.05) is 0 Å². The molecule has 3 heterocycles. The molecule has 0 bridgehead atoms. The summed E-state index contributed by atoms with van der Waals surface area (Å²) in [5.41, 5.74) is 0.440. The molecule has 1 aliphatic rings. The Morgan fingerprint density at radius 3 is 2.65 bits per heavy atom. The van der Waals surface area contributed by atoms with Crippen molar-refractivity contribution in [3.63, 3.8) is 0 Å². The van der Waals surface area contributed by atoms with E-state index >= 15 is 0 Å². The maximum Gasteiger partial charge on any atom is 0.225 e. The van der Waals surface area contributed by atoms with Crippen molar-refractivity contribution in [2.45, 2.75) is 40.0 Å². The molecule has 0 atom stereocenters. The molecule has 1 fully saturated rings. The van der Waals surface area contributed by atoms with Gasteiger partial charge in [0.25, 0.3) is 0 Å². The summed E-state index contributed by atoms with van der Waals surface area (Å²) in [4.78, 5) is 13.6. The zero-order valence-electron chi connectivity index (χ0n) is 12.2. The maximum atomic E-state index is 6.11. The van der Waals surface area contributed by atoms with Crippen LogP contribution in [0.4, 0.5) is 5.82 Å². The number of aromatic nitrogens is 2. The van der Waals surface area contributed by atoms with Gasteiger partial charge in [-0.1, -0.05) is 20.8 Å². The lowest BCUT2D eigenvalue weighted by Gasteiger charge is -2.37. The molecule has 1 aliphatic heterocycles. The minimum atomic E-state index is 0.363. The van der Waals surface area contributed by atoms with E-state index in [1.165, 1.54) is 17.7 Å². The summed E-state index contributed by atoms with van der Waals surface area (Å²) in [6, 6.07) is 2.23. The Kier molecular flexibility index (Phi) is 3.63. The third-order valence-electron chi connectivity index (χ3n) is 4.16. The van der Waals surface area contributed by atoms with Gasteiger partial charge in [-0.05, 0) is 42.3 Å². The number of nitrogens with zero attached hydrogens (tertiary/aromatic N) is 3. The van der Waals surface area contributed by atoms with Crippen LogP contribution in [0.15, 0.2) is 6.07 Å². The van der Waals surface area contributed by atoms with Crippen LogP contribution in [-0.4, -0.2) is 23.1 Å². The first-order valence-electron chi connectivity index (χ1n) is 7.19. The third kappa shape index (κ3) is 2.63. The fourth-order valence-electron chi connectivity index (χ4n) is 2.67. The van der Waals surface area contributed by atoms with Crippen LogP contribution in [0.3, 0.4) is 0 Å². The predicted octanol–water partition coefficient (Wildman–Crippen LogP) is 4.53. The number of fused-ring (bicyclic) bond motifs is 1. The quantitative estimate of drug-likeness (QED) is 0.763. The van der Waals surface area contributed by atoms with Crippen molar-refractivity contribution in [1.29, 1.82) is 0 Å². The summed E-state index contributed by atoms with van der Waals surface area (Å²) in [6.45, 7) is 8.95. The number of thiophene rings is 1. The first kappa shape index (κ1) is 14.1. The Hall–Kier alpha value is -0.870. The van der Waals surface area contributed by atoms with Gasteiger partial charge in [0.2, 0.25) is 5.28 Å². The van der Waals surface area contributed by atoms with Gasteiger partial charge in [0.05, 0.1) is 5.39 Å². The number of piperidine rings is 1. The summed E-state index contributed by atoms with van der Waals surface area (Å²) < 4.78 is 0. The molecule has 0 aliphatic carbocycles. The van der Waals surface area contributed by atoms with Crippen molar-refractivity contribution in [3.05, 3.63) is 16.2 Å². The maximum absolute atomic E-state index is 6.11. The van der Waals surface area contributed by atoms with Gasteiger partial charge >= 0.3 is 0 Å². The molecule has 0 saturated carbocycles. The molecule has 0 radical (unpaired) electrons. The molecule has 2 aromatic rings. The highest BCUT2D eigenvalue weighted by Crippen LogP contribution is 2.36. The highest BCUT2D eigenvalue weighted by molar-refractivity contribution is 7.18. The molecule has 0 amide bonds. The van der Waals surface area contributed by atoms with Gasteiger partial charge in [-0.3, -0.25) is 0 Å². The van der Waals surface area contributed by atoms with Gasteiger partial charge in [-0.25, -0.2) is 4.98 Å². The van der Waals surface area contributed by atoms with E-state index in [4.69, 9.17) is 11.6 Å². The number of hydrogen-bond acceptors (Lipinski definition) is 4. The van der Waals surface area contributed by atoms with Crippen LogP contribution in [0.5, 0.6) is 0 Å². The molecule has 3 rings (SSSR count). The van der Waals surface area contributed by atoms with Crippen molar-refractivity contribution in [2.75, 3.05) is 18.0 Å². The average molecular weight is 310 g/mol. The Morgan fingerprint density at radius 1 is 1.30 bits per heavy atom. The summed E-state index contributed by atoms with van der Waals surface area (Å²) >= 11 is 7.84. The molecule has 0 spiro atoms. The first-order valence-corrected chi connectivity index (χ1v) is 8.39. The van der Waals surface area contributed by atoms with Crippen LogP contribution in [0.1, 0.15) is 38.5 Å². The van der Waals surface area contributed by atoms with Crippen LogP contribution in [0.25, 0.3) is 10.2 Å². The molecular formula is C15H20ClN3S. The lowest BCUT2D eigenvalue weighted by atomic mass is 9.82. The minimum absolute atomic E-state index is 0.363. The second-order valence-corrected chi connectivity index (χ2v) is 7.71. The topological polar surface area (TPSA) is 29.0 Å². The van der Waals surface area contributed by atoms with Gasteiger partial charge in [0.15, 0.2) is 0 Å². The Morgan fingerprint density at radius 2 is 2.00 bits per heavy atom. The molecule has 3 nitrogen and oxygen atoms in total. The van der Waals surface area contributed by atoms with Crippen LogP contribution >= 0.6 is 22.9 Å². The van der Waals surface area contributed by atoms with Gasteiger partial charge in [-0.15, -0.1) is 11.3 Å². The Labute approximate surface area is 129 Å². The number of halogens is 1. The number of hydrogen-bond donors (Lipinski definition) is 0. The van der Waals surface area contributed by atoms with Gasteiger partial charge in [0.1, 0.15) is 10.6 Å². The van der Waals surface area contributed by atoms with Crippen LogP contribution < -0.4 is 4.90 Å². The lowest BCUT2D eigenvalue weighted by Crippen LogP contribution is -2.37. The molecular weight excluding hydrogens is 290 g/mol. The second-order valence-electron chi connectivity index (χ2n) is 6.25. The van der Waals surface area contributed by atoms with E-state index < -0.39 is 0 Å². The smallest absolute Gasteiger partial charge is 0.225 e. The van der Waals surface area contributed by atoms with Crippen LogP contribution in [-0.2, 0) is 6.42 Å². The highest BCUT2D eigenvalue weighted by Gasteiger charge is 2.27. The second kappa shape index (κ2) is 5.15. The standard InChI is InChI=1S/C15H20ClN3S/c1-4-10-9-11-12(17-14(16)18-13(11)20-10)19-7-5-15(2,3)6-8-19/h9H,4-8H2,1-3H3. The lowest BCUT2D eigenvalue weighted by molar-refractivity contribution is 0.279. The van der Waals surface area contributed by atoms with E-state index in [0.29, 0.717) is 10.7 Å². The van der Waals surface area contributed by atoms with Crippen molar-refractivity contribution in [2.24, 2.45) is 5.41 Å². The Balaban J connectivity index is 2.00. The first-order chi connectivity index (χ1) is 9.48. The SMILES string of the molecule is CCc1cc2c(N3CCC(C)(C)CC3)nc(Cl)nc2s1. The van der Waals surface area contributed by atoms with Gasteiger partial charge in [0, 0.05) is 18.0 Å². The van der Waals surface area contributed by atoms with E-state index in [1.54, 1.807) is 11.3 Å². The molecule has 0 unspecified atom stereocenters. The van der Waals surface area contributed by atoms with E-state index in [0.717, 1.165) is 35.5 Å². The van der Waals surface area contributed by atoms with Gasteiger partial charge < -0.3 is 4.90 Å². The molecule has 20 heavy (non-hydrogen) atoms. The zero-order valence-corrected chi connectivity index (χ0v) is 13.8. The minimum Gasteiger partial charge on any atom is -0.356 e. The largest absolute Gasteiger partial charge is 0.356 e. The van der Waals surface area contributed by atoms with E-state index in [2.05, 4.69) is 41.7 Å². The monoisotopic (exact) mass is 309 g/mol. The summed E-state index contributed by atoms with van der Waals surface area (Å²) in [5.74, 6) is 1.02. The number of anilines is 1. The molecule has 1 saturated heterocycles. The fourth-order valence-corrected chi connectivity index (χ4v) is 3.85. The molecule has 108 valence electrons. The van der Waals surface area contributed by atoms with Gasteiger partial charge in [-0.2, -0.15) is 4.98 Å². The number of rotatable bonds is 2. The summed E-state index contributed by atoms with van der Waals surface area (Å²) in [5, 5.41) is 1.53. The van der Waals surface area contributed by atoms with Crippen molar-refractivity contribution < 1.29 is 0 Å². The predicted molar refractivity (Wildman–Crippen MR) is 87.0 cm³/mol. The highest BCUT2D eigenvalue weighted by atomic mass is 35.5. The van der Waals surface area contributed by atoms with Crippen molar-refractivity contribution in [3.8, 4) is 0 Å². The molecule has 5 heteroatoms. The summed E-state index contributed by atoms with van der Waals surface area (Å²) in [6.07, 6.45) is 3.42. The zero-order chi connectivity index (χ0) is 14.3. The average Bonchev–Trinajstić information content (AvgIpc) is 2.80. The normalized spacial score (nSPS) is 18.7. The number of aryl methyl sites for hydroxylation is 1. The fraction of sp³-hybridized carbons (Fsp3) is 0.600. The molecule has 0 aromatic carbocycles. The van der Waals surface area contributed by atoms with E-state index in [9.17, 15) is 0 Å². The summed E-state index contributed by atoms with van der Waals surface area (Å²) in [7, 11) is 0. The van der Waals surface area contributed by atoms with Crippen LogP contribution in [0.2, 0.25) is 5.28 Å². The third-order valence-corrected chi connectivity index (χ3v) is 5.50. The van der Waals surface area contributed by atoms with Crippen LogP contribution in [0, 0.1) is 5.41 Å². The van der Waals surface area contributed by atoms with E-state index in [-0.39, 0.29) is 0 Å². The van der Waals surface area contributed by atoms with Crippen molar-refractivity contribution >= 4 is 39.0 Å². The molecule has 2 aromatic heterocycles.